The Kier molecular flexibility index (Phi) is 4.40. The Morgan fingerprint density at radius 3 is 2.27 bits per heavy atom. The van der Waals surface area contributed by atoms with Gasteiger partial charge in [-0.25, -0.2) is 0 Å². The van der Waals surface area contributed by atoms with Crippen molar-refractivity contribution in [3.05, 3.63) is 108 Å². The first kappa shape index (κ1) is 16.3. The van der Waals surface area contributed by atoms with Gasteiger partial charge >= 0.3 is 0 Å². The summed E-state index contributed by atoms with van der Waals surface area (Å²) in [6.45, 7) is 0.353. The third kappa shape index (κ3) is 2.95. The standard InChI is InChI=1S/C24H20O2/c25-23-21-15-7-8-16-22(21)26-18-24(23,20-13-5-2-6-14-20)17-9-12-19-10-3-1-4-11-19/h1-16H,17-18H2/b12-9+/t24-/m0/s1. The van der Waals surface area contributed by atoms with Crippen molar-refractivity contribution < 1.29 is 9.53 Å². The molecular weight excluding hydrogens is 320 g/mol. The number of carbonyl (C=O) groups is 1. The van der Waals surface area contributed by atoms with Crippen LogP contribution in [0.2, 0.25) is 0 Å². The molecule has 3 aromatic rings. The van der Waals surface area contributed by atoms with E-state index in [2.05, 4.69) is 24.3 Å². The topological polar surface area (TPSA) is 26.3 Å². The van der Waals surface area contributed by atoms with E-state index in [4.69, 9.17) is 4.74 Å². The average Bonchev–Trinajstić information content (AvgIpc) is 2.71. The molecule has 0 radical (unpaired) electrons. The molecule has 1 aliphatic rings. The molecule has 0 N–H and O–H groups in total. The van der Waals surface area contributed by atoms with Gasteiger partial charge in [0, 0.05) is 0 Å². The summed E-state index contributed by atoms with van der Waals surface area (Å²) in [5.41, 5.74) is 2.09. The largest absolute Gasteiger partial charge is 0.491 e. The Bertz CT molecular complexity index is 929. The van der Waals surface area contributed by atoms with Crippen LogP contribution < -0.4 is 4.74 Å². The van der Waals surface area contributed by atoms with Gasteiger partial charge in [-0.05, 0) is 29.7 Å². The summed E-state index contributed by atoms with van der Waals surface area (Å²) < 4.78 is 6.01. The number of rotatable bonds is 4. The van der Waals surface area contributed by atoms with Crippen LogP contribution in [0.1, 0.15) is 27.9 Å². The minimum absolute atomic E-state index is 0.128. The molecule has 3 aromatic carbocycles. The monoisotopic (exact) mass is 340 g/mol. The van der Waals surface area contributed by atoms with Crippen LogP contribution >= 0.6 is 0 Å². The fourth-order valence-corrected chi connectivity index (χ4v) is 3.51. The SMILES string of the molecule is O=C1c2ccccc2OC[C@@]1(C/C=C/c1ccccc1)c1ccccc1. The van der Waals surface area contributed by atoms with Crippen LogP contribution in [0, 0.1) is 0 Å². The van der Waals surface area contributed by atoms with E-state index >= 15 is 0 Å². The highest BCUT2D eigenvalue weighted by atomic mass is 16.5. The summed E-state index contributed by atoms with van der Waals surface area (Å²) in [7, 11) is 0. The van der Waals surface area contributed by atoms with Crippen LogP contribution in [-0.4, -0.2) is 12.4 Å². The number of fused-ring (bicyclic) bond motifs is 1. The maximum Gasteiger partial charge on any atom is 0.180 e. The molecule has 1 atom stereocenters. The van der Waals surface area contributed by atoms with Gasteiger partial charge in [0.25, 0.3) is 0 Å². The molecule has 0 spiro atoms. The number of hydrogen-bond acceptors (Lipinski definition) is 2. The highest BCUT2D eigenvalue weighted by Gasteiger charge is 2.44. The molecular formula is C24H20O2. The van der Waals surface area contributed by atoms with E-state index < -0.39 is 5.41 Å². The van der Waals surface area contributed by atoms with Crippen LogP contribution in [0.15, 0.2) is 91.0 Å². The number of carbonyl (C=O) groups excluding carboxylic acids is 1. The minimum Gasteiger partial charge on any atom is -0.491 e. The second-order valence-electron chi connectivity index (χ2n) is 6.58. The third-order valence-corrected chi connectivity index (χ3v) is 4.94. The van der Waals surface area contributed by atoms with Gasteiger partial charge < -0.3 is 4.74 Å². The van der Waals surface area contributed by atoms with Gasteiger partial charge in [-0.3, -0.25) is 4.79 Å². The smallest absolute Gasteiger partial charge is 0.180 e. The summed E-state index contributed by atoms with van der Waals surface area (Å²) in [4.78, 5) is 13.5. The lowest BCUT2D eigenvalue weighted by atomic mass is 9.71. The van der Waals surface area contributed by atoms with Crippen molar-refractivity contribution in [3.63, 3.8) is 0 Å². The van der Waals surface area contributed by atoms with Gasteiger partial charge in [0.05, 0.1) is 11.0 Å². The van der Waals surface area contributed by atoms with Crippen LogP contribution in [0.5, 0.6) is 5.75 Å². The third-order valence-electron chi connectivity index (χ3n) is 4.94. The lowest BCUT2D eigenvalue weighted by Crippen LogP contribution is -2.44. The summed E-state index contributed by atoms with van der Waals surface area (Å²) in [6.07, 6.45) is 4.75. The molecule has 1 heterocycles. The molecule has 4 rings (SSSR count). The molecule has 0 amide bonds. The Balaban J connectivity index is 1.72. The highest BCUT2D eigenvalue weighted by molar-refractivity contribution is 6.07. The number of ketones is 1. The molecule has 0 saturated carbocycles. The van der Waals surface area contributed by atoms with Crippen molar-refractivity contribution in [1.82, 2.24) is 0 Å². The maximum absolute atomic E-state index is 13.5. The highest BCUT2D eigenvalue weighted by Crippen LogP contribution is 2.39. The fourth-order valence-electron chi connectivity index (χ4n) is 3.51. The lowest BCUT2D eigenvalue weighted by Gasteiger charge is -2.36. The molecule has 0 fully saturated rings. The maximum atomic E-state index is 13.5. The van der Waals surface area contributed by atoms with E-state index in [0.29, 0.717) is 24.3 Å². The Morgan fingerprint density at radius 1 is 0.846 bits per heavy atom. The Hall–Kier alpha value is -3.13. The quantitative estimate of drug-likeness (QED) is 0.644. The van der Waals surface area contributed by atoms with E-state index in [-0.39, 0.29) is 5.78 Å². The van der Waals surface area contributed by atoms with Crippen LogP contribution in [0.25, 0.3) is 6.08 Å². The zero-order valence-corrected chi connectivity index (χ0v) is 14.5. The molecule has 0 unspecified atom stereocenters. The number of hydrogen-bond donors (Lipinski definition) is 0. The lowest BCUT2D eigenvalue weighted by molar-refractivity contribution is 0.0770. The summed E-state index contributed by atoms with van der Waals surface area (Å²) >= 11 is 0. The number of Topliss-reactive ketones (excluding diaryl/α,β-unsaturated/α-hetero) is 1. The van der Waals surface area contributed by atoms with Crippen LogP contribution in [-0.2, 0) is 5.41 Å². The molecule has 0 aliphatic carbocycles. The van der Waals surface area contributed by atoms with Crippen molar-refractivity contribution in [2.75, 3.05) is 6.61 Å². The molecule has 0 saturated heterocycles. The Labute approximate surface area is 153 Å². The molecule has 26 heavy (non-hydrogen) atoms. The number of ether oxygens (including phenoxy) is 1. The summed E-state index contributed by atoms with van der Waals surface area (Å²) in [5.74, 6) is 0.805. The first-order valence-electron chi connectivity index (χ1n) is 8.83. The van der Waals surface area contributed by atoms with Gasteiger partial charge in [0.15, 0.2) is 5.78 Å². The molecule has 1 aliphatic heterocycles. The van der Waals surface area contributed by atoms with Gasteiger partial charge in [0.1, 0.15) is 12.4 Å². The average molecular weight is 340 g/mol. The van der Waals surface area contributed by atoms with E-state index in [1.165, 1.54) is 0 Å². The fraction of sp³-hybridized carbons (Fsp3) is 0.125. The van der Waals surface area contributed by atoms with E-state index in [9.17, 15) is 4.79 Å². The van der Waals surface area contributed by atoms with Crippen molar-refractivity contribution in [1.29, 1.82) is 0 Å². The van der Waals surface area contributed by atoms with Crippen molar-refractivity contribution in [2.24, 2.45) is 0 Å². The predicted octanol–water partition coefficient (Wildman–Crippen LogP) is 5.30. The Morgan fingerprint density at radius 2 is 1.50 bits per heavy atom. The molecule has 0 aromatic heterocycles. The molecule has 0 bridgehead atoms. The first-order chi connectivity index (χ1) is 12.8. The number of allylic oxidation sites excluding steroid dienone is 1. The van der Waals surface area contributed by atoms with Crippen molar-refractivity contribution >= 4 is 11.9 Å². The molecule has 2 heteroatoms. The van der Waals surface area contributed by atoms with Crippen LogP contribution in [0.4, 0.5) is 0 Å². The van der Waals surface area contributed by atoms with E-state index in [0.717, 1.165) is 11.1 Å². The zero-order valence-electron chi connectivity index (χ0n) is 14.5. The van der Waals surface area contributed by atoms with E-state index in [1.54, 1.807) is 0 Å². The zero-order chi connectivity index (χ0) is 17.8. The van der Waals surface area contributed by atoms with Crippen molar-refractivity contribution in [3.8, 4) is 5.75 Å². The number of para-hydroxylation sites is 1. The second-order valence-corrected chi connectivity index (χ2v) is 6.58. The van der Waals surface area contributed by atoms with Gasteiger partial charge in [-0.15, -0.1) is 0 Å². The van der Waals surface area contributed by atoms with Crippen molar-refractivity contribution in [2.45, 2.75) is 11.8 Å². The van der Waals surface area contributed by atoms with Crippen LogP contribution in [0.3, 0.4) is 0 Å². The van der Waals surface area contributed by atoms with Gasteiger partial charge in [-0.1, -0.05) is 84.9 Å². The summed E-state index contributed by atoms with van der Waals surface area (Å²) in [6, 6.07) is 27.6. The minimum atomic E-state index is -0.694. The first-order valence-corrected chi connectivity index (χ1v) is 8.83. The number of benzene rings is 3. The van der Waals surface area contributed by atoms with E-state index in [1.807, 2.05) is 72.8 Å². The second kappa shape index (κ2) is 7.01. The van der Waals surface area contributed by atoms with Gasteiger partial charge in [-0.2, -0.15) is 0 Å². The normalized spacial score (nSPS) is 19.2. The van der Waals surface area contributed by atoms with Gasteiger partial charge in [0.2, 0.25) is 0 Å². The predicted molar refractivity (Wildman–Crippen MR) is 104 cm³/mol. The molecule has 2 nitrogen and oxygen atoms in total. The summed E-state index contributed by atoms with van der Waals surface area (Å²) in [5, 5.41) is 0. The molecule has 128 valence electrons.